The van der Waals surface area contributed by atoms with Gasteiger partial charge in [-0.2, -0.15) is 5.10 Å². The summed E-state index contributed by atoms with van der Waals surface area (Å²) in [7, 11) is 0. The zero-order valence-corrected chi connectivity index (χ0v) is 16.1. The summed E-state index contributed by atoms with van der Waals surface area (Å²) in [4.78, 5) is 12.7. The molecule has 3 aromatic rings. The molecule has 0 saturated heterocycles. The molecule has 5 heteroatoms. The molecule has 4 nitrogen and oxygen atoms in total. The SMILES string of the molecule is CC(NC(=O)[C@@H]1C[C@H]1c1ccc(Br)cc1)c1ccccc1-n1cccn1. The Morgan fingerprint density at radius 3 is 2.69 bits per heavy atom. The van der Waals surface area contributed by atoms with E-state index in [4.69, 9.17) is 0 Å². The van der Waals surface area contributed by atoms with E-state index in [2.05, 4.69) is 38.5 Å². The fraction of sp³-hybridized carbons (Fsp3) is 0.238. The van der Waals surface area contributed by atoms with Crippen LogP contribution in [0.4, 0.5) is 0 Å². The predicted molar refractivity (Wildman–Crippen MR) is 105 cm³/mol. The third-order valence-corrected chi connectivity index (χ3v) is 5.47. The molecule has 1 saturated carbocycles. The number of nitrogens with one attached hydrogen (secondary N) is 1. The Morgan fingerprint density at radius 2 is 1.96 bits per heavy atom. The molecule has 1 fully saturated rings. The molecular weight excluding hydrogens is 390 g/mol. The van der Waals surface area contributed by atoms with Crippen molar-refractivity contribution in [2.45, 2.75) is 25.3 Å². The van der Waals surface area contributed by atoms with Crippen LogP contribution >= 0.6 is 15.9 Å². The number of carbonyl (C=O) groups excluding carboxylic acids is 1. The van der Waals surface area contributed by atoms with Crippen molar-refractivity contribution < 1.29 is 4.79 Å². The highest BCUT2D eigenvalue weighted by molar-refractivity contribution is 9.10. The van der Waals surface area contributed by atoms with Gasteiger partial charge in [0.05, 0.1) is 11.7 Å². The van der Waals surface area contributed by atoms with Crippen LogP contribution in [-0.2, 0) is 4.79 Å². The van der Waals surface area contributed by atoms with Crippen molar-refractivity contribution in [1.29, 1.82) is 0 Å². The van der Waals surface area contributed by atoms with Crippen molar-refractivity contribution in [3.05, 3.63) is 82.6 Å². The van der Waals surface area contributed by atoms with Gasteiger partial charge in [-0.25, -0.2) is 4.68 Å². The van der Waals surface area contributed by atoms with E-state index in [-0.39, 0.29) is 17.9 Å². The van der Waals surface area contributed by atoms with Crippen molar-refractivity contribution in [3.8, 4) is 5.69 Å². The molecule has 2 aromatic carbocycles. The van der Waals surface area contributed by atoms with Crippen LogP contribution in [0.15, 0.2) is 71.5 Å². The van der Waals surface area contributed by atoms with E-state index >= 15 is 0 Å². The fourth-order valence-corrected chi connectivity index (χ4v) is 3.70. The fourth-order valence-electron chi connectivity index (χ4n) is 3.43. The maximum absolute atomic E-state index is 12.7. The van der Waals surface area contributed by atoms with E-state index in [0.29, 0.717) is 5.92 Å². The van der Waals surface area contributed by atoms with E-state index in [1.54, 1.807) is 6.20 Å². The average molecular weight is 410 g/mol. The molecule has 1 aliphatic rings. The Kier molecular flexibility index (Phi) is 4.64. The van der Waals surface area contributed by atoms with Crippen molar-refractivity contribution in [3.63, 3.8) is 0 Å². The van der Waals surface area contributed by atoms with Gasteiger partial charge in [0.1, 0.15) is 0 Å². The lowest BCUT2D eigenvalue weighted by Crippen LogP contribution is -2.29. The number of nitrogens with zero attached hydrogens (tertiary/aromatic N) is 2. The molecule has 132 valence electrons. The molecule has 1 unspecified atom stereocenters. The van der Waals surface area contributed by atoms with Gasteiger partial charge in [0.25, 0.3) is 0 Å². The number of amides is 1. The Balaban J connectivity index is 1.45. The molecule has 0 spiro atoms. The predicted octanol–water partition coefficient (Wildman–Crippen LogP) is 4.62. The second-order valence-corrected chi connectivity index (χ2v) is 7.66. The van der Waals surface area contributed by atoms with E-state index < -0.39 is 0 Å². The minimum Gasteiger partial charge on any atom is -0.349 e. The minimum absolute atomic E-state index is 0.0653. The van der Waals surface area contributed by atoms with Crippen molar-refractivity contribution >= 4 is 21.8 Å². The van der Waals surface area contributed by atoms with E-state index in [0.717, 1.165) is 22.1 Å². The van der Waals surface area contributed by atoms with Gasteiger partial charge >= 0.3 is 0 Å². The topological polar surface area (TPSA) is 46.9 Å². The lowest BCUT2D eigenvalue weighted by Gasteiger charge is -2.18. The van der Waals surface area contributed by atoms with Crippen LogP contribution in [0.5, 0.6) is 0 Å². The molecule has 1 heterocycles. The molecular formula is C21H20BrN3O. The molecule has 4 rings (SSSR count). The summed E-state index contributed by atoms with van der Waals surface area (Å²) in [6, 6.07) is 18.1. The molecule has 0 radical (unpaired) electrons. The van der Waals surface area contributed by atoms with Gasteiger partial charge in [-0.05, 0) is 54.7 Å². The van der Waals surface area contributed by atoms with Crippen LogP contribution in [-0.4, -0.2) is 15.7 Å². The Bertz CT molecular complexity index is 905. The Morgan fingerprint density at radius 1 is 1.19 bits per heavy atom. The number of rotatable bonds is 5. The standard InChI is InChI=1S/C21H20BrN3O/c1-14(17-5-2-3-6-20(17)25-12-4-11-23-25)24-21(26)19-13-18(19)15-7-9-16(22)10-8-15/h2-12,14,18-19H,13H2,1H3,(H,24,26)/t14?,18-,19+/m0/s1. The van der Waals surface area contributed by atoms with Crippen LogP contribution in [0.2, 0.25) is 0 Å². The lowest BCUT2D eigenvalue weighted by molar-refractivity contribution is -0.123. The maximum Gasteiger partial charge on any atom is 0.224 e. The Hall–Kier alpha value is -2.40. The van der Waals surface area contributed by atoms with Crippen LogP contribution in [0.25, 0.3) is 5.69 Å². The summed E-state index contributed by atoms with van der Waals surface area (Å²) < 4.78 is 2.89. The summed E-state index contributed by atoms with van der Waals surface area (Å²) in [5.41, 5.74) is 3.29. The first-order valence-electron chi connectivity index (χ1n) is 8.78. The third kappa shape index (κ3) is 3.44. The highest BCUT2D eigenvalue weighted by Gasteiger charge is 2.44. The second-order valence-electron chi connectivity index (χ2n) is 6.74. The first-order valence-corrected chi connectivity index (χ1v) is 9.57. The van der Waals surface area contributed by atoms with Gasteiger partial charge in [-0.15, -0.1) is 0 Å². The Labute approximate surface area is 161 Å². The van der Waals surface area contributed by atoms with Gasteiger partial charge in [-0.1, -0.05) is 46.3 Å². The average Bonchev–Trinajstić information content (AvgIpc) is 3.27. The monoisotopic (exact) mass is 409 g/mol. The highest BCUT2D eigenvalue weighted by Crippen LogP contribution is 2.48. The highest BCUT2D eigenvalue weighted by atomic mass is 79.9. The molecule has 1 amide bonds. The second kappa shape index (κ2) is 7.08. The number of benzene rings is 2. The van der Waals surface area contributed by atoms with Crippen LogP contribution in [0.3, 0.4) is 0 Å². The van der Waals surface area contributed by atoms with Gasteiger partial charge in [-0.3, -0.25) is 4.79 Å². The molecule has 1 aliphatic carbocycles. The smallest absolute Gasteiger partial charge is 0.224 e. The van der Waals surface area contributed by atoms with Crippen LogP contribution < -0.4 is 5.32 Å². The third-order valence-electron chi connectivity index (χ3n) is 4.94. The van der Waals surface area contributed by atoms with E-state index in [1.165, 1.54) is 5.56 Å². The van der Waals surface area contributed by atoms with Crippen LogP contribution in [0.1, 0.15) is 36.4 Å². The number of carbonyl (C=O) groups is 1. The largest absolute Gasteiger partial charge is 0.349 e. The molecule has 0 aliphatic heterocycles. The molecule has 0 bridgehead atoms. The zero-order chi connectivity index (χ0) is 18.1. The number of aromatic nitrogens is 2. The first-order chi connectivity index (χ1) is 12.6. The van der Waals surface area contributed by atoms with Crippen molar-refractivity contribution in [2.24, 2.45) is 5.92 Å². The summed E-state index contributed by atoms with van der Waals surface area (Å²) in [6.45, 7) is 2.03. The molecule has 1 N–H and O–H groups in total. The minimum atomic E-state index is -0.0749. The molecule has 1 aromatic heterocycles. The number of halogens is 1. The summed E-state index contributed by atoms with van der Waals surface area (Å²) in [6.07, 6.45) is 4.59. The van der Waals surface area contributed by atoms with Crippen LogP contribution in [0, 0.1) is 5.92 Å². The first kappa shape index (κ1) is 17.0. The molecule has 26 heavy (non-hydrogen) atoms. The van der Waals surface area contributed by atoms with Gasteiger partial charge < -0.3 is 5.32 Å². The van der Waals surface area contributed by atoms with Gasteiger partial charge in [0.15, 0.2) is 0 Å². The van der Waals surface area contributed by atoms with Crippen molar-refractivity contribution in [2.75, 3.05) is 0 Å². The number of para-hydroxylation sites is 1. The van der Waals surface area contributed by atoms with Crippen molar-refractivity contribution in [1.82, 2.24) is 15.1 Å². The van der Waals surface area contributed by atoms with E-state index in [9.17, 15) is 4.79 Å². The van der Waals surface area contributed by atoms with Gasteiger partial charge in [0.2, 0.25) is 5.91 Å². The number of hydrogen-bond donors (Lipinski definition) is 1. The summed E-state index contributed by atoms with van der Waals surface area (Å²) in [5, 5.41) is 7.50. The zero-order valence-electron chi connectivity index (χ0n) is 14.5. The lowest BCUT2D eigenvalue weighted by atomic mass is 10.1. The quantitative estimate of drug-likeness (QED) is 0.668. The maximum atomic E-state index is 12.7. The number of hydrogen-bond acceptors (Lipinski definition) is 2. The summed E-state index contributed by atoms with van der Waals surface area (Å²) in [5.74, 6) is 0.521. The van der Waals surface area contributed by atoms with Gasteiger partial charge in [0, 0.05) is 22.8 Å². The van der Waals surface area contributed by atoms with E-state index in [1.807, 2.05) is 60.3 Å². The normalized spacial score (nSPS) is 19.8. The molecule has 3 atom stereocenters. The summed E-state index contributed by atoms with van der Waals surface area (Å²) >= 11 is 3.45.